The fourth-order valence-corrected chi connectivity index (χ4v) is 6.73. The summed E-state index contributed by atoms with van der Waals surface area (Å²) < 4.78 is 55.8. The highest BCUT2D eigenvalue weighted by Gasteiger charge is 2.44. The Bertz CT molecular complexity index is 2390. The van der Waals surface area contributed by atoms with E-state index in [9.17, 15) is 23.6 Å². The maximum absolute atomic E-state index is 14.6. The van der Waals surface area contributed by atoms with Gasteiger partial charge in [-0.2, -0.15) is 4.39 Å². The van der Waals surface area contributed by atoms with E-state index in [2.05, 4.69) is 20.3 Å². The van der Waals surface area contributed by atoms with E-state index in [1.807, 2.05) is 43.0 Å². The molecule has 1 aromatic carbocycles. The van der Waals surface area contributed by atoms with Gasteiger partial charge in [-0.3, -0.25) is 34.4 Å². The molecule has 6 heterocycles. The van der Waals surface area contributed by atoms with Crippen molar-refractivity contribution in [1.29, 1.82) is 0 Å². The van der Waals surface area contributed by atoms with E-state index in [0.717, 1.165) is 10.5 Å². The lowest BCUT2D eigenvalue weighted by atomic mass is 10.0. The van der Waals surface area contributed by atoms with Crippen molar-refractivity contribution in [3.63, 3.8) is 0 Å². The number of pyridine rings is 3. The van der Waals surface area contributed by atoms with Gasteiger partial charge in [0.1, 0.15) is 47.9 Å². The standard InChI is InChI=1S/C44H48FN7O11/c1-50(2)38-11-7-32(41(45)48-38)29-3-8-35(46-26-29)36-28-51-27-31(5-10-39(51)47-36)63-24-22-61-20-18-59-16-14-57-13-15-58-17-19-60-21-23-62-30-4-6-33-34(25-30)44(56)52(43(33)55)37-9-12-40(53)49-42(37)54/h3-8,10-11,25-28,37H,9,12-24H2,1-2H3,(H,49,53,54). The number of hydrogen-bond acceptors (Lipinski definition) is 15. The molecule has 332 valence electrons. The van der Waals surface area contributed by atoms with Gasteiger partial charge in [-0.15, -0.1) is 0 Å². The molecule has 0 aliphatic carbocycles. The number of carbonyl (C=O) groups excluding carboxylic acids is 4. The Morgan fingerprint density at radius 3 is 1.87 bits per heavy atom. The SMILES string of the molecule is CN(C)c1ccc(-c2ccc(-c3cn4cc(OCCOCCOCCOCCOCCOCCOc5ccc6c(c5)C(=O)N(C5CCC(=O)NC5=O)C6=O)ccc4n3)nc2)c(F)n1. The van der Waals surface area contributed by atoms with Gasteiger partial charge in [-0.25, -0.2) is 9.97 Å². The minimum absolute atomic E-state index is 0.0548. The quantitative estimate of drug-likeness (QED) is 0.0537. The fraction of sp³-hybridized carbons (Fsp3) is 0.386. The number of anilines is 1. The van der Waals surface area contributed by atoms with Crippen LogP contribution >= 0.6 is 0 Å². The number of fused-ring (bicyclic) bond motifs is 2. The number of imide groups is 2. The van der Waals surface area contributed by atoms with Gasteiger partial charge in [0, 0.05) is 44.0 Å². The Hall–Kier alpha value is -6.38. The molecule has 1 fully saturated rings. The third kappa shape index (κ3) is 11.6. The molecule has 4 aromatic heterocycles. The zero-order valence-electron chi connectivity index (χ0n) is 35.0. The van der Waals surface area contributed by atoms with Crippen LogP contribution in [0.5, 0.6) is 11.5 Å². The summed E-state index contributed by atoms with van der Waals surface area (Å²) in [5, 5.41) is 2.18. The number of aromatic nitrogens is 4. The van der Waals surface area contributed by atoms with Crippen LogP contribution in [-0.2, 0) is 33.3 Å². The van der Waals surface area contributed by atoms with E-state index in [-0.39, 0.29) is 37.2 Å². The summed E-state index contributed by atoms with van der Waals surface area (Å²) >= 11 is 0. The molecule has 1 saturated heterocycles. The Morgan fingerprint density at radius 1 is 0.667 bits per heavy atom. The predicted octanol–water partition coefficient (Wildman–Crippen LogP) is 3.61. The predicted molar refractivity (Wildman–Crippen MR) is 224 cm³/mol. The molecule has 2 aliphatic rings. The van der Waals surface area contributed by atoms with E-state index in [1.165, 1.54) is 12.1 Å². The molecule has 4 amide bonds. The number of ether oxygens (including phenoxy) is 7. The van der Waals surface area contributed by atoms with Crippen LogP contribution in [0.15, 0.2) is 73.2 Å². The lowest BCUT2D eigenvalue weighted by Gasteiger charge is -2.27. The van der Waals surface area contributed by atoms with Gasteiger partial charge >= 0.3 is 0 Å². The number of carbonyl (C=O) groups is 4. The molecule has 2 aliphatic heterocycles. The molecule has 0 radical (unpaired) electrons. The molecular formula is C44H48FN7O11. The number of piperidine rings is 1. The third-order valence-corrected chi connectivity index (χ3v) is 9.95. The monoisotopic (exact) mass is 869 g/mol. The number of amides is 4. The largest absolute Gasteiger partial charge is 0.491 e. The molecule has 19 heteroatoms. The number of rotatable bonds is 24. The number of nitrogens with zero attached hydrogens (tertiary/aromatic N) is 6. The van der Waals surface area contributed by atoms with Crippen LogP contribution in [0.4, 0.5) is 10.2 Å². The Kier molecular flexibility index (Phi) is 15.3. The molecule has 0 saturated carbocycles. The molecular weight excluding hydrogens is 822 g/mol. The summed E-state index contributed by atoms with van der Waals surface area (Å²) in [5.74, 6) is -1.21. The second kappa shape index (κ2) is 21.6. The minimum atomic E-state index is -1.02. The van der Waals surface area contributed by atoms with Crippen LogP contribution in [0.25, 0.3) is 28.2 Å². The van der Waals surface area contributed by atoms with E-state index >= 15 is 0 Å². The van der Waals surface area contributed by atoms with Gasteiger partial charge in [0.05, 0.1) is 89.1 Å². The Morgan fingerprint density at radius 2 is 1.27 bits per heavy atom. The maximum atomic E-state index is 14.6. The van der Waals surface area contributed by atoms with Gasteiger partial charge in [-0.1, -0.05) is 6.07 Å². The zero-order valence-corrected chi connectivity index (χ0v) is 35.0. The van der Waals surface area contributed by atoms with E-state index < -0.39 is 35.6 Å². The number of nitrogens with one attached hydrogen (secondary N) is 1. The van der Waals surface area contributed by atoms with Crippen molar-refractivity contribution in [3.8, 4) is 34.0 Å². The molecule has 1 unspecified atom stereocenters. The van der Waals surface area contributed by atoms with Crippen LogP contribution < -0.4 is 19.7 Å². The van der Waals surface area contributed by atoms with E-state index in [0.29, 0.717) is 106 Å². The number of halogens is 1. The van der Waals surface area contributed by atoms with Gasteiger partial charge < -0.3 is 42.5 Å². The summed E-state index contributed by atoms with van der Waals surface area (Å²) in [6.45, 7) is 4.43. The first kappa shape index (κ1) is 44.7. The maximum Gasteiger partial charge on any atom is 0.262 e. The first-order valence-corrected chi connectivity index (χ1v) is 20.5. The van der Waals surface area contributed by atoms with Crippen molar-refractivity contribution in [2.75, 3.05) is 98.3 Å². The van der Waals surface area contributed by atoms with Crippen LogP contribution in [0.2, 0.25) is 0 Å². The van der Waals surface area contributed by atoms with Gasteiger partial charge in [0.15, 0.2) is 0 Å². The van der Waals surface area contributed by atoms with E-state index in [1.54, 1.807) is 41.4 Å². The normalized spacial score (nSPS) is 15.0. The smallest absolute Gasteiger partial charge is 0.262 e. The molecule has 1 atom stereocenters. The van der Waals surface area contributed by atoms with Crippen LogP contribution in [0.1, 0.15) is 33.6 Å². The highest BCUT2D eigenvalue weighted by Crippen LogP contribution is 2.31. The van der Waals surface area contributed by atoms with Crippen molar-refractivity contribution < 1.29 is 56.7 Å². The van der Waals surface area contributed by atoms with Gasteiger partial charge in [0.25, 0.3) is 11.8 Å². The van der Waals surface area contributed by atoms with Crippen molar-refractivity contribution >= 4 is 35.1 Å². The van der Waals surface area contributed by atoms with Gasteiger partial charge in [-0.05, 0) is 55.0 Å². The van der Waals surface area contributed by atoms with Crippen LogP contribution in [0, 0.1) is 5.95 Å². The average Bonchev–Trinajstić information content (AvgIpc) is 3.81. The first-order valence-electron chi connectivity index (χ1n) is 20.5. The molecule has 1 N–H and O–H groups in total. The van der Waals surface area contributed by atoms with Crippen LogP contribution in [0.3, 0.4) is 0 Å². The summed E-state index contributed by atoms with van der Waals surface area (Å²) in [7, 11) is 3.62. The first-order chi connectivity index (χ1) is 30.7. The topological polar surface area (TPSA) is 194 Å². The summed E-state index contributed by atoms with van der Waals surface area (Å²) in [6.07, 6.45) is 5.46. The molecule has 18 nitrogen and oxygen atoms in total. The van der Waals surface area contributed by atoms with Gasteiger partial charge in [0.2, 0.25) is 17.8 Å². The number of hydrogen-bond donors (Lipinski definition) is 1. The van der Waals surface area contributed by atoms with Crippen LogP contribution in [-0.4, -0.2) is 147 Å². The summed E-state index contributed by atoms with van der Waals surface area (Å²) in [5.41, 5.74) is 3.40. The summed E-state index contributed by atoms with van der Waals surface area (Å²) in [6, 6.07) is 14.3. The second-order valence-corrected chi connectivity index (χ2v) is 14.5. The minimum Gasteiger partial charge on any atom is -0.491 e. The highest BCUT2D eigenvalue weighted by molar-refractivity contribution is 6.23. The third-order valence-electron chi connectivity index (χ3n) is 9.95. The number of benzene rings is 1. The van der Waals surface area contributed by atoms with Crippen molar-refractivity contribution in [3.05, 3.63) is 90.3 Å². The summed E-state index contributed by atoms with van der Waals surface area (Å²) in [4.78, 5) is 65.4. The molecule has 5 aromatic rings. The molecule has 63 heavy (non-hydrogen) atoms. The zero-order chi connectivity index (χ0) is 44.1. The Balaban J connectivity index is 0.672. The fourth-order valence-electron chi connectivity index (χ4n) is 6.73. The number of imidazole rings is 1. The molecule has 0 bridgehead atoms. The van der Waals surface area contributed by atoms with Crippen molar-refractivity contribution in [2.24, 2.45) is 0 Å². The lowest BCUT2D eigenvalue weighted by Crippen LogP contribution is -2.54. The average molecular weight is 870 g/mol. The van der Waals surface area contributed by atoms with Crippen molar-refractivity contribution in [2.45, 2.75) is 18.9 Å². The lowest BCUT2D eigenvalue weighted by molar-refractivity contribution is -0.136. The Labute approximate surface area is 362 Å². The molecule has 7 rings (SSSR count). The van der Waals surface area contributed by atoms with Crippen molar-refractivity contribution in [1.82, 2.24) is 29.6 Å². The second-order valence-electron chi connectivity index (χ2n) is 14.5. The molecule has 0 spiro atoms. The highest BCUT2D eigenvalue weighted by atomic mass is 19.1. The van der Waals surface area contributed by atoms with E-state index in [4.69, 9.17) is 33.2 Å².